The lowest BCUT2D eigenvalue weighted by atomic mass is 10.00. The van der Waals surface area contributed by atoms with Crippen molar-refractivity contribution in [3.05, 3.63) is 48.5 Å². The highest BCUT2D eigenvalue weighted by molar-refractivity contribution is 5.95. The van der Waals surface area contributed by atoms with Crippen molar-refractivity contribution in [2.24, 2.45) is 0 Å². The number of rotatable bonds is 3. The summed E-state index contributed by atoms with van der Waals surface area (Å²) in [4.78, 5) is 30.7. The average Bonchev–Trinajstić information content (AvgIpc) is 3.30. The van der Waals surface area contributed by atoms with E-state index in [1.807, 2.05) is 46.9 Å². The number of nitrogens with one attached hydrogen (secondary N) is 1. The molecule has 2 aliphatic rings. The van der Waals surface area contributed by atoms with Crippen LogP contribution in [0.1, 0.15) is 36.5 Å². The van der Waals surface area contributed by atoms with Crippen LogP contribution < -0.4 is 5.32 Å². The number of nitrogens with zero attached hydrogens (tertiary/aromatic N) is 3. The van der Waals surface area contributed by atoms with Crippen LogP contribution in [0.2, 0.25) is 0 Å². The van der Waals surface area contributed by atoms with E-state index < -0.39 is 5.72 Å². The van der Waals surface area contributed by atoms with Gasteiger partial charge in [-0.25, -0.2) is 4.98 Å². The summed E-state index contributed by atoms with van der Waals surface area (Å²) >= 11 is 0. The highest BCUT2D eigenvalue weighted by Gasteiger charge is 2.46. The fraction of sp³-hybridized carbons (Fsp3) is 0.421. The average molecular weight is 354 g/mol. The molecule has 0 radical (unpaired) electrons. The standard InChI is InChI=1S/C19H22N4O3/c1-2-16-17(24)21-19(26-16)6-9-22(10-7-19)18(25)14-4-3-5-15(12-14)23-11-8-20-13-23/h3-5,8,11-13,16H,2,6-7,9-10H2,1H3,(H,21,24). The Morgan fingerprint density at radius 1 is 1.38 bits per heavy atom. The topological polar surface area (TPSA) is 76.5 Å². The van der Waals surface area contributed by atoms with Crippen LogP contribution in [-0.2, 0) is 9.53 Å². The Bertz CT molecular complexity index is 810. The lowest BCUT2D eigenvalue weighted by molar-refractivity contribution is -0.124. The molecule has 2 fully saturated rings. The fourth-order valence-electron chi connectivity index (χ4n) is 3.64. The second-order valence-corrected chi connectivity index (χ2v) is 6.81. The van der Waals surface area contributed by atoms with Gasteiger partial charge in [0.15, 0.2) is 0 Å². The zero-order chi connectivity index (χ0) is 18.1. The number of carbonyl (C=O) groups is 2. The smallest absolute Gasteiger partial charge is 0.253 e. The molecule has 0 saturated carbocycles. The van der Waals surface area contributed by atoms with E-state index in [0.717, 1.165) is 5.69 Å². The predicted molar refractivity (Wildman–Crippen MR) is 94.7 cm³/mol. The molecule has 2 aromatic rings. The van der Waals surface area contributed by atoms with E-state index in [9.17, 15) is 9.59 Å². The SMILES string of the molecule is CCC1OC2(CCN(C(=O)c3cccc(-n4ccnc4)c3)CC2)NC1=O. The van der Waals surface area contributed by atoms with E-state index in [0.29, 0.717) is 37.9 Å². The Kier molecular flexibility index (Phi) is 4.24. The summed E-state index contributed by atoms with van der Waals surface area (Å²) in [5, 5.41) is 2.99. The van der Waals surface area contributed by atoms with Crippen molar-refractivity contribution >= 4 is 11.8 Å². The van der Waals surface area contributed by atoms with Crippen LogP contribution in [0.15, 0.2) is 43.0 Å². The first-order valence-corrected chi connectivity index (χ1v) is 8.98. The van der Waals surface area contributed by atoms with E-state index in [1.54, 1.807) is 12.5 Å². The van der Waals surface area contributed by atoms with Crippen LogP contribution in [0.4, 0.5) is 0 Å². The summed E-state index contributed by atoms with van der Waals surface area (Å²) in [5.41, 5.74) is 0.946. The summed E-state index contributed by atoms with van der Waals surface area (Å²) in [7, 11) is 0. The summed E-state index contributed by atoms with van der Waals surface area (Å²) in [6.07, 6.45) is 6.78. The minimum absolute atomic E-state index is 0.00168. The lowest BCUT2D eigenvalue weighted by Gasteiger charge is -2.38. The molecule has 1 N–H and O–H groups in total. The Labute approximate surface area is 152 Å². The van der Waals surface area contributed by atoms with Gasteiger partial charge in [-0.3, -0.25) is 9.59 Å². The molecule has 1 atom stereocenters. The second kappa shape index (κ2) is 6.57. The number of hydrogen-bond acceptors (Lipinski definition) is 4. The van der Waals surface area contributed by atoms with Crippen LogP contribution in [0.25, 0.3) is 5.69 Å². The molecule has 1 unspecified atom stereocenters. The molecule has 2 amide bonds. The Balaban J connectivity index is 1.45. The third-order valence-corrected chi connectivity index (χ3v) is 5.14. The number of piperidine rings is 1. The highest BCUT2D eigenvalue weighted by Crippen LogP contribution is 2.31. The van der Waals surface area contributed by atoms with Crippen molar-refractivity contribution in [3.63, 3.8) is 0 Å². The lowest BCUT2D eigenvalue weighted by Crippen LogP contribution is -2.53. The minimum Gasteiger partial charge on any atom is -0.343 e. The molecule has 7 nitrogen and oxygen atoms in total. The maximum Gasteiger partial charge on any atom is 0.253 e. The number of aromatic nitrogens is 2. The first-order chi connectivity index (χ1) is 12.6. The number of amides is 2. The van der Waals surface area contributed by atoms with Crippen molar-refractivity contribution in [3.8, 4) is 5.69 Å². The van der Waals surface area contributed by atoms with Crippen molar-refractivity contribution in [1.82, 2.24) is 19.8 Å². The monoisotopic (exact) mass is 354 g/mol. The van der Waals surface area contributed by atoms with Gasteiger partial charge in [0.25, 0.3) is 11.8 Å². The van der Waals surface area contributed by atoms with Gasteiger partial charge in [0.05, 0.1) is 6.33 Å². The molecule has 0 bridgehead atoms. The van der Waals surface area contributed by atoms with Gasteiger partial charge in [-0.15, -0.1) is 0 Å². The number of carbonyl (C=O) groups excluding carboxylic acids is 2. The summed E-state index contributed by atoms with van der Waals surface area (Å²) in [6.45, 7) is 3.06. The van der Waals surface area contributed by atoms with Gasteiger partial charge in [-0.1, -0.05) is 13.0 Å². The van der Waals surface area contributed by atoms with Crippen LogP contribution in [0, 0.1) is 0 Å². The largest absolute Gasteiger partial charge is 0.343 e. The quantitative estimate of drug-likeness (QED) is 0.911. The molecule has 1 aromatic heterocycles. The van der Waals surface area contributed by atoms with Crippen molar-refractivity contribution < 1.29 is 14.3 Å². The maximum atomic E-state index is 12.9. The van der Waals surface area contributed by atoms with Gasteiger partial charge >= 0.3 is 0 Å². The third kappa shape index (κ3) is 2.99. The van der Waals surface area contributed by atoms with Gasteiger partial charge in [0.1, 0.15) is 11.8 Å². The molecule has 1 spiro atoms. The third-order valence-electron chi connectivity index (χ3n) is 5.14. The molecule has 26 heavy (non-hydrogen) atoms. The molecule has 2 aliphatic heterocycles. The minimum atomic E-state index is -0.604. The van der Waals surface area contributed by atoms with Gasteiger partial charge < -0.3 is 19.5 Å². The molecule has 0 aliphatic carbocycles. The second-order valence-electron chi connectivity index (χ2n) is 6.81. The highest BCUT2D eigenvalue weighted by atomic mass is 16.5. The summed E-state index contributed by atoms with van der Waals surface area (Å²) in [5.74, 6) is -0.0431. The molecular formula is C19H22N4O3. The van der Waals surface area contributed by atoms with Gasteiger partial charge in [0.2, 0.25) is 0 Å². The van der Waals surface area contributed by atoms with Crippen molar-refractivity contribution in [2.75, 3.05) is 13.1 Å². The molecule has 136 valence electrons. The predicted octanol–water partition coefficient (Wildman–Crippen LogP) is 1.73. The Morgan fingerprint density at radius 3 is 2.85 bits per heavy atom. The summed E-state index contributed by atoms with van der Waals surface area (Å²) in [6, 6.07) is 7.51. The number of hydrogen-bond donors (Lipinski definition) is 1. The van der Waals surface area contributed by atoms with E-state index >= 15 is 0 Å². The van der Waals surface area contributed by atoms with Crippen LogP contribution in [0.5, 0.6) is 0 Å². The molecule has 4 rings (SSSR count). The van der Waals surface area contributed by atoms with E-state index in [1.165, 1.54) is 0 Å². The first kappa shape index (κ1) is 16.8. The molecule has 3 heterocycles. The number of likely N-dealkylation sites (tertiary alicyclic amines) is 1. The fourth-order valence-corrected chi connectivity index (χ4v) is 3.64. The zero-order valence-electron chi connectivity index (χ0n) is 14.7. The number of imidazole rings is 1. The van der Waals surface area contributed by atoms with Crippen molar-refractivity contribution in [1.29, 1.82) is 0 Å². The molecule has 1 aromatic carbocycles. The van der Waals surface area contributed by atoms with Crippen LogP contribution in [-0.4, -0.2) is 51.2 Å². The van der Waals surface area contributed by atoms with Gasteiger partial charge in [-0.05, 0) is 24.6 Å². The Morgan fingerprint density at radius 2 is 2.19 bits per heavy atom. The van der Waals surface area contributed by atoms with E-state index in [2.05, 4.69) is 10.3 Å². The summed E-state index contributed by atoms with van der Waals surface area (Å²) < 4.78 is 7.81. The van der Waals surface area contributed by atoms with Crippen molar-refractivity contribution in [2.45, 2.75) is 38.0 Å². The normalized spacial score (nSPS) is 21.8. The van der Waals surface area contributed by atoms with Crippen LogP contribution >= 0.6 is 0 Å². The molecule has 7 heteroatoms. The number of benzene rings is 1. The van der Waals surface area contributed by atoms with Gasteiger partial charge in [0, 0.05) is 49.6 Å². The number of ether oxygens (including phenoxy) is 1. The van der Waals surface area contributed by atoms with E-state index in [4.69, 9.17) is 4.74 Å². The molecular weight excluding hydrogens is 332 g/mol. The van der Waals surface area contributed by atoms with Gasteiger partial charge in [-0.2, -0.15) is 0 Å². The molecule has 2 saturated heterocycles. The van der Waals surface area contributed by atoms with Crippen LogP contribution in [0.3, 0.4) is 0 Å². The Hall–Kier alpha value is -2.67. The maximum absolute atomic E-state index is 12.9. The first-order valence-electron chi connectivity index (χ1n) is 8.98. The zero-order valence-corrected chi connectivity index (χ0v) is 14.7. The van der Waals surface area contributed by atoms with E-state index in [-0.39, 0.29) is 17.9 Å².